The summed E-state index contributed by atoms with van der Waals surface area (Å²) >= 11 is 0. The molecule has 68 valence electrons. The van der Waals surface area contributed by atoms with Crippen LogP contribution in [0.25, 0.3) is 0 Å². The maximum absolute atomic E-state index is 4.35. The first-order valence-corrected chi connectivity index (χ1v) is 4.58. The lowest BCUT2D eigenvalue weighted by Gasteiger charge is -2.20. The second-order valence-corrected chi connectivity index (χ2v) is 4.05. The Labute approximate surface area is 74.4 Å². The van der Waals surface area contributed by atoms with Crippen LogP contribution in [0.1, 0.15) is 45.1 Å². The summed E-state index contributed by atoms with van der Waals surface area (Å²) in [5.41, 5.74) is 1.34. The van der Waals surface area contributed by atoms with E-state index in [1.54, 1.807) is 0 Å². The van der Waals surface area contributed by atoms with Gasteiger partial charge in [0.05, 0.1) is 0 Å². The van der Waals surface area contributed by atoms with E-state index < -0.39 is 0 Å². The molecular weight excluding hydrogens is 148 g/mol. The van der Waals surface area contributed by atoms with Gasteiger partial charge in [-0.05, 0) is 13.3 Å². The average Bonchev–Trinajstić information content (AvgIpc) is 2.36. The topological polar surface area (TPSA) is 28.7 Å². The summed E-state index contributed by atoms with van der Waals surface area (Å²) in [6.45, 7) is 8.71. The molecule has 1 rings (SSSR count). The molecular formula is C10H18N2. The summed E-state index contributed by atoms with van der Waals surface area (Å²) in [6, 6.07) is 0. The Morgan fingerprint density at radius 1 is 1.50 bits per heavy atom. The molecule has 0 aliphatic rings. The molecule has 0 unspecified atom stereocenters. The van der Waals surface area contributed by atoms with Gasteiger partial charge < -0.3 is 4.98 Å². The van der Waals surface area contributed by atoms with Crippen LogP contribution in [0.3, 0.4) is 0 Å². The van der Waals surface area contributed by atoms with Crippen LogP contribution in [0.15, 0.2) is 6.20 Å². The van der Waals surface area contributed by atoms with Crippen molar-refractivity contribution >= 4 is 0 Å². The molecule has 0 fully saturated rings. The van der Waals surface area contributed by atoms with E-state index in [-0.39, 0.29) is 5.41 Å². The Morgan fingerprint density at radius 3 is 2.58 bits per heavy atom. The van der Waals surface area contributed by atoms with E-state index in [1.807, 2.05) is 13.1 Å². The van der Waals surface area contributed by atoms with Gasteiger partial charge in [0.1, 0.15) is 5.82 Å². The van der Waals surface area contributed by atoms with Crippen molar-refractivity contribution in [2.24, 2.45) is 0 Å². The molecule has 0 radical (unpaired) electrons. The van der Waals surface area contributed by atoms with E-state index in [2.05, 4.69) is 30.7 Å². The molecule has 12 heavy (non-hydrogen) atoms. The van der Waals surface area contributed by atoms with Gasteiger partial charge in [-0.25, -0.2) is 4.98 Å². The van der Waals surface area contributed by atoms with Crippen molar-refractivity contribution < 1.29 is 0 Å². The number of H-pyrrole nitrogens is 1. The molecule has 0 aliphatic carbocycles. The fraction of sp³-hybridized carbons (Fsp3) is 0.700. The van der Waals surface area contributed by atoms with Gasteiger partial charge in [-0.1, -0.05) is 27.2 Å². The van der Waals surface area contributed by atoms with Crippen molar-refractivity contribution in [2.75, 3.05) is 0 Å². The van der Waals surface area contributed by atoms with Gasteiger partial charge >= 0.3 is 0 Å². The van der Waals surface area contributed by atoms with Crippen LogP contribution in [-0.4, -0.2) is 9.97 Å². The molecule has 1 aromatic rings. The zero-order valence-electron chi connectivity index (χ0n) is 8.44. The average molecular weight is 166 g/mol. The molecule has 1 N–H and O–H groups in total. The van der Waals surface area contributed by atoms with E-state index in [0.29, 0.717) is 0 Å². The first-order chi connectivity index (χ1) is 5.56. The lowest BCUT2D eigenvalue weighted by molar-refractivity contribution is 0.448. The summed E-state index contributed by atoms with van der Waals surface area (Å²) in [6.07, 6.45) is 4.28. The van der Waals surface area contributed by atoms with Crippen LogP contribution in [-0.2, 0) is 5.41 Å². The molecule has 2 nitrogen and oxygen atoms in total. The third-order valence-electron chi connectivity index (χ3n) is 2.22. The zero-order chi connectivity index (χ0) is 9.19. The Balaban J connectivity index is 2.81. The Bertz CT molecular complexity index is 248. The molecule has 0 aliphatic heterocycles. The molecule has 0 aromatic carbocycles. The zero-order valence-corrected chi connectivity index (χ0v) is 8.44. The third-order valence-corrected chi connectivity index (χ3v) is 2.22. The van der Waals surface area contributed by atoms with Gasteiger partial charge in [0.15, 0.2) is 0 Å². The van der Waals surface area contributed by atoms with Crippen LogP contribution in [0.2, 0.25) is 0 Å². The van der Waals surface area contributed by atoms with Crippen LogP contribution in [0.4, 0.5) is 0 Å². The highest BCUT2D eigenvalue weighted by Gasteiger charge is 2.21. The minimum absolute atomic E-state index is 0.197. The fourth-order valence-corrected chi connectivity index (χ4v) is 1.50. The van der Waals surface area contributed by atoms with Crippen molar-refractivity contribution in [3.8, 4) is 0 Å². The predicted octanol–water partition coefficient (Wildman–Crippen LogP) is 2.80. The molecule has 0 spiro atoms. The molecule has 0 atom stereocenters. The first kappa shape index (κ1) is 9.30. The molecule has 2 heteroatoms. The Kier molecular flexibility index (Phi) is 2.55. The maximum atomic E-state index is 4.35. The number of imidazole rings is 1. The smallest absolute Gasteiger partial charge is 0.111 e. The summed E-state index contributed by atoms with van der Waals surface area (Å²) in [4.78, 5) is 7.64. The van der Waals surface area contributed by atoms with E-state index in [1.165, 1.54) is 12.8 Å². The quantitative estimate of drug-likeness (QED) is 0.735. The molecule has 0 saturated carbocycles. The van der Waals surface area contributed by atoms with Crippen LogP contribution >= 0.6 is 0 Å². The van der Waals surface area contributed by atoms with Gasteiger partial charge in [0.2, 0.25) is 0 Å². The number of hydrogen-bond donors (Lipinski definition) is 1. The lowest BCUT2D eigenvalue weighted by atomic mass is 9.87. The van der Waals surface area contributed by atoms with E-state index in [4.69, 9.17) is 0 Å². The second kappa shape index (κ2) is 3.30. The SMILES string of the molecule is CCCC(C)(C)c1ncc(C)[nH]1. The minimum Gasteiger partial charge on any atom is -0.346 e. The summed E-state index contributed by atoms with van der Waals surface area (Å²) in [7, 11) is 0. The summed E-state index contributed by atoms with van der Waals surface area (Å²) in [5.74, 6) is 1.11. The number of nitrogens with one attached hydrogen (secondary N) is 1. The molecule has 1 heterocycles. The minimum atomic E-state index is 0.197. The summed E-state index contributed by atoms with van der Waals surface area (Å²) < 4.78 is 0. The largest absolute Gasteiger partial charge is 0.346 e. The first-order valence-electron chi connectivity index (χ1n) is 4.58. The molecule has 0 bridgehead atoms. The maximum Gasteiger partial charge on any atom is 0.111 e. The monoisotopic (exact) mass is 166 g/mol. The van der Waals surface area contributed by atoms with Gasteiger partial charge in [0, 0.05) is 17.3 Å². The van der Waals surface area contributed by atoms with Crippen molar-refractivity contribution in [1.29, 1.82) is 0 Å². The Hall–Kier alpha value is -0.790. The highest BCUT2D eigenvalue weighted by molar-refractivity contribution is 5.08. The lowest BCUT2D eigenvalue weighted by Crippen LogP contribution is -2.18. The Morgan fingerprint density at radius 2 is 2.17 bits per heavy atom. The summed E-state index contributed by atoms with van der Waals surface area (Å²) in [5, 5.41) is 0. The van der Waals surface area contributed by atoms with Crippen molar-refractivity contribution in [3.05, 3.63) is 17.7 Å². The van der Waals surface area contributed by atoms with Gasteiger partial charge in [0.25, 0.3) is 0 Å². The number of rotatable bonds is 3. The van der Waals surface area contributed by atoms with E-state index in [0.717, 1.165) is 11.5 Å². The fourth-order valence-electron chi connectivity index (χ4n) is 1.50. The molecule has 0 saturated heterocycles. The van der Waals surface area contributed by atoms with Crippen LogP contribution < -0.4 is 0 Å². The highest BCUT2D eigenvalue weighted by atomic mass is 14.9. The third kappa shape index (κ3) is 1.87. The van der Waals surface area contributed by atoms with E-state index >= 15 is 0 Å². The van der Waals surface area contributed by atoms with Crippen LogP contribution in [0.5, 0.6) is 0 Å². The van der Waals surface area contributed by atoms with Crippen LogP contribution in [0, 0.1) is 6.92 Å². The number of hydrogen-bond acceptors (Lipinski definition) is 1. The number of nitrogens with zero attached hydrogens (tertiary/aromatic N) is 1. The number of aromatic nitrogens is 2. The number of aryl methyl sites for hydroxylation is 1. The molecule has 1 aromatic heterocycles. The van der Waals surface area contributed by atoms with Gasteiger partial charge in [-0.15, -0.1) is 0 Å². The van der Waals surface area contributed by atoms with Gasteiger partial charge in [-0.3, -0.25) is 0 Å². The normalized spacial score (nSPS) is 12.0. The standard InChI is InChI=1S/C10H18N2/c1-5-6-10(3,4)9-11-7-8(2)12-9/h7H,5-6H2,1-4H3,(H,11,12). The van der Waals surface area contributed by atoms with E-state index in [9.17, 15) is 0 Å². The van der Waals surface area contributed by atoms with Crippen molar-refractivity contribution in [1.82, 2.24) is 9.97 Å². The second-order valence-electron chi connectivity index (χ2n) is 4.05. The van der Waals surface area contributed by atoms with Crippen molar-refractivity contribution in [2.45, 2.75) is 46.0 Å². The molecule has 0 amide bonds. The highest BCUT2D eigenvalue weighted by Crippen LogP contribution is 2.25. The predicted molar refractivity (Wildman–Crippen MR) is 51.3 cm³/mol. The van der Waals surface area contributed by atoms with Gasteiger partial charge in [-0.2, -0.15) is 0 Å². The number of aromatic amines is 1. The van der Waals surface area contributed by atoms with Crippen molar-refractivity contribution in [3.63, 3.8) is 0 Å².